The minimum absolute atomic E-state index is 0.0935. The summed E-state index contributed by atoms with van der Waals surface area (Å²) in [5, 5.41) is 18.6. The van der Waals surface area contributed by atoms with Crippen LogP contribution < -0.4 is 20.7 Å². The number of methoxy groups -OCH3 is 1. The fourth-order valence-corrected chi connectivity index (χ4v) is 4.13. The monoisotopic (exact) mass is 468 g/mol. The maximum Gasteiger partial charge on any atom is 0.268 e. The molecule has 0 bridgehead atoms. The second kappa shape index (κ2) is 10.5. The number of H-pyrrole nitrogens is 1. The molecule has 1 aliphatic rings. The van der Waals surface area contributed by atoms with Crippen molar-refractivity contribution in [1.82, 2.24) is 25.9 Å². The molecule has 3 atom stereocenters. The van der Waals surface area contributed by atoms with Gasteiger partial charge in [0.15, 0.2) is 0 Å². The third-order valence-corrected chi connectivity index (χ3v) is 5.78. The lowest BCUT2D eigenvalue weighted by Gasteiger charge is -2.28. The van der Waals surface area contributed by atoms with E-state index < -0.39 is 23.9 Å². The Morgan fingerprint density at radius 2 is 2.12 bits per heavy atom. The molecule has 3 amide bonds. The van der Waals surface area contributed by atoms with Crippen molar-refractivity contribution in [2.24, 2.45) is 11.3 Å². The van der Waals surface area contributed by atoms with Crippen molar-refractivity contribution >= 4 is 28.6 Å². The molecule has 3 heterocycles. The maximum absolute atomic E-state index is 13.1. The van der Waals surface area contributed by atoms with Gasteiger partial charge in [-0.05, 0) is 43.2 Å². The highest BCUT2D eigenvalue weighted by atomic mass is 16.5. The van der Waals surface area contributed by atoms with Crippen LogP contribution in [0.15, 0.2) is 18.3 Å². The van der Waals surface area contributed by atoms with E-state index in [9.17, 15) is 19.6 Å². The number of aromatic amines is 1. The van der Waals surface area contributed by atoms with Crippen LogP contribution in [0.25, 0.3) is 10.9 Å². The molecule has 4 N–H and O–H groups in total. The predicted molar refractivity (Wildman–Crippen MR) is 126 cm³/mol. The summed E-state index contributed by atoms with van der Waals surface area (Å²) in [6, 6.07) is 3.74. The molecule has 0 aromatic carbocycles. The molecule has 0 radical (unpaired) electrons. The summed E-state index contributed by atoms with van der Waals surface area (Å²) in [5.74, 6) is -0.932. The van der Waals surface area contributed by atoms with Gasteiger partial charge in [-0.2, -0.15) is 5.26 Å². The highest BCUT2D eigenvalue weighted by Crippen LogP contribution is 2.25. The zero-order chi connectivity index (χ0) is 24.9. The van der Waals surface area contributed by atoms with Gasteiger partial charge in [0, 0.05) is 18.7 Å². The Morgan fingerprint density at radius 3 is 2.76 bits per heavy atom. The molecule has 1 fully saturated rings. The van der Waals surface area contributed by atoms with Gasteiger partial charge in [0.25, 0.3) is 5.91 Å². The Balaban J connectivity index is 1.74. The second-order valence-electron chi connectivity index (χ2n) is 9.81. The molecule has 0 spiro atoms. The summed E-state index contributed by atoms with van der Waals surface area (Å²) in [7, 11) is 1.50. The van der Waals surface area contributed by atoms with Gasteiger partial charge >= 0.3 is 0 Å². The first-order chi connectivity index (χ1) is 16.1. The summed E-state index contributed by atoms with van der Waals surface area (Å²) in [6.45, 7) is 6.53. The number of nitrogens with one attached hydrogen (secondary N) is 4. The van der Waals surface area contributed by atoms with Gasteiger partial charge in [-0.1, -0.05) is 20.8 Å². The lowest BCUT2D eigenvalue weighted by molar-refractivity contribution is -0.128. The zero-order valence-electron chi connectivity index (χ0n) is 20.0. The number of carbonyl (C=O) groups excluding carboxylic acids is 3. The van der Waals surface area contributed by atoms with Gasteiger partial charge in [0.1, 0.15) is 17.8 Å². The molecule has 182 valence electrons. The largest absolute Gasteiger partial charge is 0.481 e. The first-order valence-electron chi connectivity index (χ1n) is 11.4. The van der Waals surface area contributed by atoms with Crippen LogP contribution >= 0.6 is 0 Å². The number of amides is 3. The maximum atomic E-state index is 13.1. The Bertz CT molecular complexity index is 1100. The Kier molecular flexibility index (Phi) is 7.76. The van der Waals surface area contributed by atoms with Crippen LogP contribution in [0.2, 0.25) is 0 Å². The number of rotatable bonds is 8. The quantitative estimate of drug-likeness (QED) is 0.466. The first-order valence-corrected chi connectivity index (χ1v) is 11.4. The van der Waals surface area contributed by atoms with Crippen LogP contribution in [0, 0.1) is 22.7 Å². The van der Waals surface area contributed by atoms with E-state index in [4.69, 9.17) is 4.74 Å². The summed E-state index contributed by atoms with van der Waals surface area (Å²) >= 11 is 0. The number of hydrogen-bond donors (Lipinski definition) is 4. The van der Waals surface area contributed by atoms with Gasteiger partial charge in [-0.15, -0.1) is 0 Å². The molecule has 0 unspecified atom stereocenters. The van der Waals surface area contributed by atoms with Crippen LogP contribution in [-0.2, 0) is 9.59 Å². The second-order valence-corrected chi connectivity index (χ2v) is 9.81. The van der Waals surface area contributed by atoms with E-state index in [-0.39, 0.29) is 29.4 Å². The van der Waals surface area contributed by atoms with Crippen molar-refractivity contribution in [2.75, 3.05) is 13.7 Å². The van der Waals surface area contributed by atoms with Crippen LogP contribution in [-0.4, -0.2) is 53.4 Å². The fourth-order valence-electron chi connectivity index (χ4n) is 4.13. The highest BCUT2D eigenvalue weighted by Gasteiger charge is 2.31. The number of piperidine rings is 1. The standard InChI is InChI=1S/C24H32N6O4/c1-24(2,3)12-19(22(33)28-15(13-25)10-14-6-5-8-26-20(14)31)30-21(32)18-11-16-17(29-18)7-9-27-23(16)34-4/h7,9,11,14-15,19,29H,5-6,8,10,12H2,1-4H3,(H,26,31)(H,28,33)(H,30,32)/t14-,15-,19-/m0/s1. The normalized spacial score (nSPS) is 17.9. The molecule has 1 aliphatic heterocycles. The van der Waals surface area contributed by atoms with E-state index >= 15 is 0 Å². The number of pyridine rings is 1. The highest BCUT2D eigenvalue weighted by molar-refractivity contribution is 6.01. The summed E-state index contributed by atoms with van der Waals surface area (Å²) in [4.78, 5) is 45.4. The first kappa shape index (κ1) is 25.0. The minimum atomic E-state index is -0.866. The smallest absolute Gasteiger partial charge is 0.268 e. The number of hydrogen-bond acceptors (Lipinski definition) is 6. The lowest BCUT2D eigenvalue weighted by atomic mass is 9.87. The number of nitrogens with zero attached hydrogens (tertiary/aromatic N) is 2. The van der Waals surface area contributed by atoms with Crippen molar-refractivity contribution in [3.05, 3.63) is 24.0 Å². The third-order valence-electron chi connectivity index (χ3n) is 5.78. The molecule has 1 saturated heterocycles. The number of carbonyl (C=O) groups is 3. The van der Waals surface area contributed by atoms with Crippen molar-refractivity contribution in [1.29, 1.82) is 5.26 Å². The number of fused-ring (bicyclic) bond motifs is 1. The van der Waals surface area contributed by atoms with Crippen molar-refractivity contribution < 1.29 is 19.1 Å². The van der Waals surface area contributed by atoms with Crippen LogP contribution in [0.3, 0.4) is 0 Å². The molecule has 0 aliphatic carbocycles. The molecular formula is C24H32N6O4. The number of ether oxygens (including phenoxy) is 1. The average Bonchev–Trinajstić information content (AvgIpc) is 3.23. The van der Waals surface area contributed by atoms with Gasteiger partial charge in [0.05, 0.1) is 24.1 Å². The molecule has 0 saturated carbocycles. The SMILES string of the molecule is COc1nccc2[nH]c(C(=O)N[C@@H](CC(C)(C)C)C(=O)N[C@H](C#N)C[C@@H]3CCCNC3=O)cc12. The van der Waals surface area contributed by atoms with Gasteiger partial charge in [0.2, 0.25) is 17.7 Å². The van der Waals surface area contributed by atoms with Crippen LogP contribution in [0.1, 0.15) is 56.9 Å². The minimum Gasteiger partial charge on any atom is -0.481 e. The van der Waals surface area contributed by atoms with Crippen molar-refractivity contribution in [3.63, 3.8) is 0 Å². The number of nitriles is 1. The summed E-state index contributed by atoms with van der Waals surface area (Å²) < 4.78 is 5.25. The van der Waals surface area contributed by atoms with E-state index in [2.05, 4.69) is 32.0 Å². The van der Waals surface area contributed by atoms with Crippen molar-refractivity contribution in [2.45, 2.75) is 58.5 Å². The Labute approximate surface area is 198 Å². The molecule has 34 heavy (non-hydrogen) atoms. The molecule has 2 aromatic heterocycles. The summed E-state index contributed by atoms with van der Waals surface area (Å²) in [6.07, 6.45) is 3.69. The lowest BCUT2D eigenvalue weighted by Crippen LogP contribution is -2.51. The molecular weight excluding hydrogens is 436 g/mol. The molecule has 2 aromatic rings. The number of aromatic nitrogens is 2. The van der Waals surface area contributed by atoms with E-state index in [1.807, 2.05) is 20.8 Å². The van der Waals surface area contributed by atoms with Gasteiger partial charge in [-0.3, -0.25) is 14.4 Å². The van der Waals surface area contributed by atoms with E-state index in [0.717, 1.165) is 6.42 Å². The molecule has 10 nitrogen and oxygen atoms in total. The van der Waals surface area contributed by atoms with Crippen LogP contribution in [0.4, 0.5) is 0 Å². The van der Waals surface area contributed by atoms with Crippen LogP contribution in [0.5, 0.6) is 5.88 Å². The van der Waals surface area contributed by atoms with E-state index in [0.29, 0.717) is 36.2 Å². The van der Waals surface area contributed by atoms with E-state index in [1.54, 1.807) is 18.3 Å². The fraction of sp³-hybridized carbons (Fsp3) is 0.542. The zero-order valence-corrected chi connectivity index (χ0v) is 20.0. The average molecular weight is 469 g/mol. The van der Waals surface area contributed by atoms with E-state index in [1.165, 1.54) is 7.11 Å². The van der Waals surface area contributed by atoms with Gasteiger partial charge < -0.3 is 25.7 Å². The topological polar surface area (TPSA) is 149 Å². The third kappa shape index (κ3) is 6.25. The summed E-state index contributed by atoms with van der Waals surface area (Å²) in [5.41, 5.74) is 0.682. The van der Waals surface area contributed by atoms with Crippen molar-refractivity contribution in [3.8, 4) is 11.9 Å². The molecule has 10 heteroatoms. The Hall–Kier alpha value is -3.61. The molecule has 3 rings (SSSR count). The van der Waals surface area contributed by atoms with Gasteiger partial charge in [-0.25, -0.2) is 4.98 Å². The Morgan fingerprint density at radius 1 is 1.35 bits per heavy atom. The predicted octanol–water partition coefficient (Wildman–Crippen LogP) is 2.03.